The fraction of sp³-hybridized carbons (Fsp3) is 0.143. The van der Waals surface area contributed by atoms with E-state index in [-0.39, 0.29) is 0 Å². The number of benzene rings is 1. The Morgan fingerprint density at radius 2 is 1.91 bits per heavy atom. The summed E-state index contributed by atoms with van der Waals surface area (Å²) < 4.78 is 16.7. The molecular formula is C7H7BrO2P+. The summed E-state index contributed by atoms with van der Waals surface area (Å²) in [5, 5.41) is 0.714. The minimum atomic E-state index is -1.66. The molecule has 0 aromatic heterocycles. The molecule has 0 aliphatic heterocycles. The first-order valence-corrected chi connectivity index (χ1v) is 4.98. The molecule has 0 heterocycles. The van der Waals surface area contributed by atoms with Crippen molar-refractivity contribution in [1.29, 1.82) is 0 Å². The Morgan fingerprint density at radius 1 is 1.36 bits per heavy atom. The van der Waals surface area contributed by atoms with Crippen LogP contribution >= 0.6 is 24.0 Å². The lowest BCUT2D eigenvalue weighted by Crippen LogP contribution is -1.94. The van der Waals surface area contributed by atoms with E-state index < -0.39 is 8.03 Å². The van der Waals surface area contributed by atoms with Gasteiger partial charge in [-0.25, -0.2) is 0 Å². The molecule has 0 N–H and O–H groups in total. The van der Waals surface area contributed by atoms with Crippen molar-refractivity contribution in [1.82, 2.24) is 0 Å². The molecule has 1 atom stereocenters. The molecule has 0 fully saturated rings. The maximum Gasteiger partial charge on any atom is 0.548 e. The van der Waals surface area contributed by atoms with Crippen molar-refractivity contribution in [2.24, 2.45) is 0 Å². The Hall–Kier alpha value is -0.240. The Kier molecular flexibility index (Phi) is 3.18. The summed E-state index contributed by atoms with van der Waals surface area (Å²) >= 11 is 3.28. The molecule has 0 radical (unpaired) electrons. The lowest BCUT2D eigenvalue weighted by Gasteiger charge is -1.85. The second-order valence-electron chi connectivity index (χ2n) is 1.92. The zero-order valence-electron chi connectivity index (χ0n) is 5.95. The highest BCUT2D eigenvalue weighted by atomic mass is 79.9. The van der Waals surface area contributed by atoms with E-state index in [0.717, 1.165) is 4.47 Å². The molecule has 1 rings (SSSR count). The average molecular weight is 234 g/mol. The van der Waals surface area contributed by atoms with E-state index in [9.17, 15) is 4.57 Å². The van der Waals surface area contributed by atoms with Gasteiger partial charge in [0.05, 0.1) is 7.11 Å². The van der Waals surface area contributed by atoms with E-state index in [1.165, 1.54) is 7.11 Å². The Labute approximate surface area is 74.6 Å². The minimum absolute atomic E-state index is 0.714. The maximum absolute atomic E-state index is 11.0. The molecule has 58 valence electrons. The standard InChI is InChI=1S/C7H7BrO2P/c1-10-11(9)7-4-2-6(8)3-5-7/h2-5H,1H3/q+1. The first kappa shape index (κ1) is 8.85. The zero-order valence-corrected chi connectivity index (χ0v) is 8.43. The van der Waals surface area contributed by atoms with Crippen molar-refractivity contribution in [3.8, 4) is 0 Å². The third-order valence-corrected chi connectivity index (χ3v) is 2.78. The smallest absolute Gasteiger partial charge is 0.145 e. The Balaban J connectivity index is 2.90. The van der Waals surface area contributed by atoms with Crippen LogP contribution in [0.3, 0.4) is 0 Å². The van der Waals surface area contributed by atoms with Crippen molar-refractivity contribution in [2.75, 3.05) is 7.11 Å². The molecule has 0 aliphatic rings. The van der Waals surface area contributed by atoms with Crippen LogP contribution in [0.25, 0.3) is 0 Å². The van der Waals surface area contributed by atoms with Gasteiger partial charge in [-0.2, -0.15) is 0 Å². The fourth-order valence-corrected chi connectivity index (χ4v) is 1.54. The largest absolute Gasteiger partial charge is 0.548 e. The lowest BCUT2D eigenvalue weighted by molar-refractivity contribution is 0.423. The highest BCUT2D eigenvalue weighted by Gasteiger charge is 2.18. The second kappa shape index (κ2) is 3.96. The second-order valence-corrected chi connectivity index (χ2v) is 4.23. The molecule has 11 heavy (non-hydrogen) atoms. The van der Waals surface area contributed by atoms with Crippen molar-refractivity contribution in [3.05, 3.63) is 28.7 Å². The van der Waals surface area contributed by atoms with Gasteiger partial charge in [-0.15, -0.1) is 4.52 Å². The van der Waals surface area contributed by atoms with Gasteiger partial charge in [-0.05, 0) is 28.8 Å². The van der Waals surface area contributed by atoms with Gasteiger partial charge < -0.3 is 0 Å². The fourth-order valence-electron chi connectivity index (χ4n) is 0.668. The predicted molar refractivity (Wildman–Crippen MR) is 48.4 cm³/mol. The first-order chi connectivity index (χ1) is 5.24. The van der Waals surface area contributed by atoms with Crippen LogP contribution in [-0.2, 0) is 9.09 Å². The van der Waals surface area contributed by atoms with Crippen molar-refractivity contribution in [2.45, 2.75) is 0 Å². The molecule has 2 nitrogen and oxygen atoms in total. The van der Waals surface area contributed by atoms with Gasteiger partial charge in [-0.3, -0.25) is 0 Å². The highest BCUT2D eigenvalue weighted by molar-refractivity contribution is 9.10. The summed E-state index contributed by atoms with van der Waals surface area (Å²) in [6, 6.07) is 7.21. The van der Waals surface area contributed by atoms with Gasteiger partial charge in [0.1, 0.15) is 0 Å². The molecule has 0 saturated carbocycles. The van der Waals surface area contributed by atoms with Crippen LogP contribution in [0.5, 0.6) is 0 Å². The summed E-state index contributed by atoms with van der Waals surface area (Å²) in [4.78, 5) is 0. The lowest BCUT2D eigenvalue weighted by atomic mass is 10.4. The van der Waals surface area contributed by atoms with Crippen LogP contribution in [0.2, 0.25) is 0 Å². The van der Waals surface area contributed by atoms with Gasteiger partial charge >= 0.3 is 8.03 Å². The van der Waals surface area contributed by atoms with Crippen LogP contribution in [0.15, 0.2) is 28.7 Å². The molecule has 1 aromatic carbocycles. The number of hydrogen-bond donors (Lipinski definition) is 0. The number of hydrogen-bond acceptors (Lipinski definition) is 2. The van der Waals surface area contributed by atoms with Crippen LogP contribution in [0.4, 0.5) is 0 Å². The molecule has 0 aliphatic carbocycles. The predicted octanol–water partition coefficient (Wildman–Crippen LogP) is 2.46. The molecule has 1 unspecified atom stereocenters. The van der Waals surface area contributed by atoms with Gasteiger partial charge in [-0.1, -0.05) is 15.9 Å². The molecule has 0 amide bonds. The van der Waals surface area contributed by atoms with E-state index >= 15 is 0 Å². The van der Waals surface area contributed by atoms with E-state index in [2.05, 4.69) is 20.5 Å². The molecular weight excluding hydrogens is 227 g/mol. The van der Waals surface area contributed by atoms with E-state index in [1.54, 1.807) is 12.1 Å². The number of rotatable bonds is 2. The van der Waals surface area contributed by atoms with Crippen LogP contribution < -0.4 is 5.30 Å². The van der Waals surface area contributed by atoms with Crippen molar-refractivity contribution in [3.63, 3.8) is 0 Å². The van der Waals surface area contributed by atoms with Gasteiger partial charge in [0.15, 0.2) is 0 Å². The molecule has 1 aromatic rings. The molecule has 4 heteroatoms. The topological polar surface area (TPSA) is 26.3 Å². The monoisotopic (exact) mass is 233 g/mol. The summed E-state index contributed by atoms with van der Waals surface area (Å²) in [5.74, 6) is 0. The third-order valence-electron chi connectivity index (χ3n) is 1.20. The molecule has 0 spiro atoms. The van der Waals surface area contributed by atoms with Crippen LogP contribution in [0, 0.1) is 0 Å². The van der Waals surface area contributed by atoms with Crippen molar-refractivity contribution >= 4 is 29.3 Å². The maximum atomic E-state index is 11.0. The number of halogens is 1. The van der Waals surface area contributed by atoms with Crippen LogP contribution in [-0.4, -0.2) is 7.11 Å². The molecule has 0 bridgehead atoms. The Bertz CT molecular complexity index is 258. The van der Waals surface area contributed by atoms with Gasteiger partial charge in [0.2, 0.25) is 5.30 Å². The summed E-state index contributed by atoms with van der Waals surface area (Å²) in [6.45, 7) is 0. The van der Waals surface area contributed by atoms with Gasteiger partial charge in [0, 0.05) is 4.47 Å². The zero-order chi connectivity index (χ0) is 8.27. The average Bonchev–Trinajstić information content (AvgIpc) is 2.05. The molecule has 0 saturated heterocycles. The third kappa shape index (κ3) is 2.37. The van der Waals surface area contributed by atoms with Crippen LogP contribution in [0.1, 0.15) is 0 Å². The van der Waals surface area contributed by atoms with E-state index in [4.69, 9.17) is 0 Å². The summed E-state index contributed by atoms with van der Waals surface area (Å²) in [7, 11) is -0.225. The Morgan fingerprint density at radius 3 is 2.36 bits per heavy atom. The van der Waals surface area contributed by atoms with E-state index in [1.807, 2.05) is 12.1 Å². The normalized spacial score (nSPS) is 11.3. The SMILES string of the molecule is CO[P+](=O)c1ccc(Br)cc1. The quantitative estimate of drug-likeness (QED) is 0.734. The summed E-state index contributed by atoms with van der Waals surface area (Å²) in [5.41, 5.74) is 0. The minimum Gasteiger partial charge on any atom is -0.145 e. The highest BCUT2D eigenvalue weighted by Crippen LogP contribution is 2.20. The van der Waals surface area contributed by atoms with E-state index in [0.29, 0.717) is 5.30 Å². The van der Waals surface area contributed by atoms with Crippen molar-refractivity contribution < 1.29 is 9.09 Å². The van der Waals surface area contributed by atoms with Gasteiger partial charge in [0.25, 0.3) is 0 Å². The first-order valence-electron chi connectivity index (χ1n) is 3.01. The summed E-state index contributed by atoms with van der Waals surface area (Å²) in [6.07, 6.45) is 0.